The van der Waals surface area contributed by atoms with E-state index in [-0.39, 0.29) is 19.8 Å². The number of likely N-dealkylation sites (N-methyl/N-ethyl adjacent to an activating group) is 1. The Morgan fingerprint density at radius 1 is 1.50 bits per heavy atom. The van der Waals surface area contributed by atoms with Crippen LogP contribution in [0.2, 0.25) is 0 Å². The molecule has 1 unspecified atom stereocenters. The third-order valence-corrected chi connectivity index (χ3v) is 3.14. The lowest BCUT2D eigenvalue weighted by Gasteiger charge is -2.34. The number of halogens is 1. The zero-order valence-corrected chi connectivity index (χ0v) is 10.9. The van der Waals surface area contributed by atoms with E-state index in [0.717, 1.165) is 6.07 Å². The SMILES string of the molecule is CNC(=O)C1COCCN1C(=O)c1c(O)cccc1F. The van der Waals surface area contributed by atoms with Crippen LogP contribution < -0.4 is 5.32 Å². The van der Waals surface area contributed by atoms with E-state index in [1.165, 1.54) is 24.1 Å². The largest absolute Gasteiger partial charge is 0.507 e. The van der Waals surface area contributed by atoms with Gasteiger partial charge >= 0.3 is 0 Å². The van der Waals surface area contributed by atoms with Gasteiger partial charge in [-0.05, 0) is 12.1 Å². The van der Waals surface area contributed by atoms with Gasteiger partial charge in [0.05, 0.1) is 13.2 Å². The topological polar surface area (TPSA) is 78.9 Å². The summed E-state index contributed by atoms with van der Waals surface area (Å²) in [5.74, 6) is -2.39. The van der Waals surface area contributed by atoms with E-state index in [1.54, 1.807) is 0 Å². The number of phenols is 1. The van der Waals surface area contributed by atoms with Gasteiger partial charge in [0.1, 0.15) is 23.2 Å². The molecule has 0 saturated carbocycles. The van der Waals surface area contributed by atoms with Gasteiger partial charge in [0.25, 0.3) is 5.91 Å². The van der Waals surface area contributed by atoms with E-state index in [4.69, 9.17) is 4.74 Å². The maximum Gasteiger partial charge on any atom is 0.261 e. The molecule has 0 radical (unpaired) electrons. The zero-order chi connectivity index (χ0) is 14.7. The maximum atomic E-state index is 13.7. The van der Waals surface area contributed by atoms with Crippen LogP contribution in [0.3, 0.4) is 0 Å². The lowest BCUT2D eigenvalue weighted by atomic mass is 10.1. The number of amides is 2. The van der Waals surface area contributed by atoms with Crippen LogP contribution >= 0.6 is 0 Å². The highest BCUT2D eigenvalue weighted by Crippen LogP contribution is 2.23. The Hall–Kier alpha value is -2.15. The van der Waals surface area contributed by atoms with E-state index in [0.29, 0.717) is 0 Å². The third-order valence-electron chi connectivity index (χ3n) is 3.14. The first-order chi connectivity index (χ1) is 9.56. The molecule has 108 valence electrons. The number of ether oxygens (including phenoxy) is 1. The Morgan fingerprint density at radius 3 is 2.90 bits per heavy atom. The Bertz CT molecular complexity index is 515. The summed E-state index contributed by atoms with van der Waals surface area (Å²) in [6, 6.07) is 2.78. The van der Waals surface area contributed by atoms with Crippen LogP contribution in [0.5, 0.6) is 5.75 Å². The van der Waals surface area contributed by atoms with Crippen molar-refractivity contribution in [3.05, 3.63) is 29.6 Å². The molecular formula is C13H15FN2O4. The van der Waals surface area contributed by atoms with Crippen LogP contribution in [-0.2, 0) is 9.53 Å². The van der Waals surface area contributed by atoms with Crippen molar-refractivity contribution in [1.82, 2.24) is 10.2 Å². The Morgan fingerprint density at radius 2 is 2.25 bits per heavy atom. The van der Waals surface area contributed by atoms with Gasteiger partial charge in [-0.15, -0.1) is 0 Å². The van der Waals surface area contributed by atoms with Crippen LogP contribution in [-0.4, -0.2) is 54.7 Å². The lowest BCUT2D eigenvalue weighted by Crippen LogP contribution is -2.55. The lowest BCUT2D eigenvalue weighted by molar-refractivity contribution is -0.130. The van der Waals surface area contributed by atoms with Crippen LogP contribution in [0.25, 0.3) is 0 Å². The minimum absolute atomic E-state index is 0.0423. The van der Waals surface area contributed by atoms with E-state index in [2.05, 4.69) is 5.32 Å². The number of nitrogens with one attached hydrogen (secondary N) is 1. The molecule has 0 bridgehead atoms. The molecule has 1 fully saturated rings. The van der Waals surface area contributed by atoms with Crippen molar-refractivity contribution in [2.75, 3.05) is 26.8 Å². The number of phenolic OH excluding ortho intramolecular Hbond substituents is 1. The number of hydrogen-bond acceptors (Lipinski definition) is 4. The van der Waals surface area contributed by atoms with Crippen molar-refractivity contribution in [1.29, 1.82) is 0 Å². The normalized spacial score (nSPS) is 18.7. The van der Waals surface area contributed by atoms with Gasteiger partial charge < -0.3 is 20.1 Å². The van der Waals surface area contributed by atoms with E-state index < -0.39 is 35.0 Å². The number of rotatable bonds is 2. The predicted molar refractivity (Wildman–Crippen MR) is 67.8 cm³/mol. The minimum atomic E-state index is -0.833. The molecule has 7 heteroatoms. The molecule has 1 aromatic carbocycles. The van der Waals surface area contributed by atoms with Crippen LogP contribution in [0.4, 0.5) is 4.39 Å². The molecule has 1 atom stereocenters. The molecule has 1 aliphatic rings. The number of benzene rings is 1. The minimum Gasteiger partial charge on any atom is -0.507 e. The third kappa shape index (κ3) is 2.57. The van der Waals surface area contributed by atoms with Crippen LogP contribution in [0.15, 0.2) is 18.2 Å². The van der Waals surface area contributed by atoms with E-state index in [9.17, 15) is 19.1 Å². The predicted octanol–water partition coefficient (Wildman–Crippen LogP) is 0.118. The average molecular weight is 282 g/mol. The monoisotopic (exact) mass is 282 g/mol. The van der Waals surface area contributed by atoms with Crippen molar-refractivity contribution in [3.8, 4) is 5.75 Å². The number of carbonyl (C=O) groups excluding carboxylic acids is 2. The molecule has 20 heavy (non-hydrogen) atoms. The fourth-order valence-corrected chi connectivity index (χ4v) is 2.10. The first kappa shape index (κ1) is 14.3. The van der Waals surface area contributed by atoms with E-state index >= 15 is 0 Å². The Labute approximate surface area is 115 Å². The maximum absolute atomic E-state index is 13.7. The second kappa shape index (κ2) is 5.87. The number of morpholine rings is 1. The summed E-state index contributed by atoms with van der Waals surface area (Å²) in [6.07, 6.45) is 0. The molecule has 1 aliphatic heterocycles. The standard InChI is InChI=1S/C13H15FN2O4/c1-15-12(18)9-7-20-6-5-16(9)13(19)11-8(14)3-2-4-10(11)17/h2-4,9,17H,5-7H2,1H3,(H,15,18). The number of carbonyl (C=O) groups is 2. The molecule has 0 spiro atoms. The van der Waals surface area contributed by atoms with E-state index in [1.807, 2.05) is 0 Å². The summed E-state index contributed by atoms with van der Waals surface area (Å²) < 4.78 is 18.9. The molecule has 2 amide bonds. The summed E-state index contributed by atoms with van der Waals surface area (Å²) in [5, 5.41) is 12.1. The smallest absolute Gasteiger partial charge is 0.261 e. The number of aromatic hydroxyl groups is 1. The van der Waals surface area contributed by atoms with Gasteiger partial charge in [-0.25, -0.2) is 4.39 Å². The highest BCUT2D eigenvalue weighted by Gasteiger charge is 2.34. The molecule has 1 aromatic rings. The highest BCUT2D eigenvalue weighted by atomic mass is 19.1. The summed E-state index contributed by atoms with van der Waals surface area (Å²) in [5.41, 5.74) is -0.427. The number of hydrogen-bond donors (Lipinski definition) is 2. The average Bonchev–Trinajstić information content (AvgIpc) is 2.46. The summed E-state index contributed by atoms with van der Waals surface area (Å²) in [6.45, 7) is 0.458. The molecule has 6 nitrogen and oxygen atoms in total. The molecule has 1 heterocycles. The van der Waals surface area contributed by atoms with Gasteiger partial charge in [-0.1, -0.05) is 6.07 Å². The summed E-state index contributed by atoms with van der Waals surface area (Å²) in [7, 11) is 1.44. The zero-order valence-electron chi connectivity index (χ0n) is 10.9. The quantitative estimate of drug-likeness (QED) is 0.807. The van der Waals surface area contributed by atoms with Crippen LogP contribution in [0, 0.1) is 5.82 Å². The van der Waals surface area contributed by atoms with Crippen molar-refractivity contribution in [2.45, 2.75) is 6.04 Å². The molecule has 1 saturated heterocycles. The Balaban J connectivity index is 2.33. The van der Waals surface area contributed by atoms with Crippen LogP contribution in [0.1, 0.15) is 10.4 Å². The summed E-state index contributed by atoms with van der Waals surface area (Å²) >= 11 is 0. The molecule has 2 rings (SSSR count). The second-order valence-corrected chi connectivity index (χ2v) is 4.34. The molecule has 2 N–H and O–H groups in total. The fraction of sp³-hybridized carbons (Fsp3) is 0.385. The molecular weight excluding hydrogens is 267 g/mol. The van der Waals surface area contributed by atoms with Crippen molar-refractivity contribution in [3.63, 3.8) is 0 Å². The second-order valence-electron chi connectivity index (χ2n) is 4.34. The molecule has 0 aromatic heterocycles. The van der Waals surface area contributed by atoms with Crippen molar-refractivity contribution < 1.29 is 23.8 Å². The van der Waals surface area contributed by atoms with Crippen molar-refractivity contribution in [2.24, 2.45) is 0 Å². The fourth-order valence-electron chi connectivity index (χ4n) is 2.10. The van der Waals surface area contributed by atoms with Gasteiger partial charge in [0.2, 0.25) is 5.91 Å². The summed E-state index contributed by atoms with van der Waals surface area (Å²) in [4.78, 5) is 25.3. The highest BCUT2D eigenvalue weighted by molar-refractivity contribution is 6.00. The van der Waals surface area contributed by atoms with Crippen molar-refractivity contribution >= 4 is 11.8 Å². The first-order valence-electron chi connectivity index (χ1n) is 6.14. The van der Waals surface area contributed by atoms with Gasteiger partial charge in [0.15, 0.2) is 0 Å². The Kier molecular flexibility index (Phi) is 4.19. The van der Waals surface area contributed by atoms with Gasteiger partial charge in [-0.2, -0.15) is 0 Å². The van der Waals surface area contributed by atoms with Gasteiger partial charge in [-0.3, -0.25) is 9.59 Å². The molecule has 0 aliphatic carbocycles. The first-order valence-corrected chi connectivity index (χ1v) is 6.14. The number of nitrogens with zero attached hydrogens (tertiary/aromatic N) is 1. The van der Waals surface area contributed by atoms with Gasteiger partial charge in [0, 0.05) is 13.6 Å².